The maximum Gasteiger partial charge on any atom is 0.400 e. The summed E-state index contributed by atoms with van der Waals surface area (Å²) in [7, 11) is 0. The van der Waals surface area contributed by atoms with Crippen LogP contribution in [0.3, 0.4) is 0 Å². The van der Waals surface area contributed by atoms with Crippen molar-refractivity contribution in [2.24, 2.45) is 0 Å². The maximum absolute atomic E-state index is 13.0. The molecule has 0 fully saturated rings. The molecular formula is C18H10ClF2N5O3. The Hall–Kier alpha value is -3.66. The van der Waals surface area contributed by atoms with E-state index in [9.17, 15) is 18.4 Å². The predicted octanol–water partition coefficient (Wildman–Crippen LogP) is 3.50. The van der Waals surface area contributed by atoms with Crippen molar-refractivity contribution in [2.45, 2.75) is 5.38 Å². The monoisotopic (exact) mass is 417 g/mol. The highest BCUT2D eigenvalue weighted by molar-refractivity contribution is 6.21. The molecular weight excluding hydrogens is 408 g/mol. The van der Waals surface area contributed by atoms with E-state index in [1.807, 2.05) is 0 Å². The summed E-state index contributed by atoms with van der Waals surface area (Å²) in [5.41, 5.74) is 0.366. The Balaban J connectivity index is 1.53. The number of rotatable bonds is 6. The first kappa shape index (κ1) is 18.7. The van der Waals surface area contributed by atoms with Crippen molar-refractivity contribution < 1.29 is 13.3 Å². The van der Waals surface area contributed by atoms with Crippen LogP contribution in [0.5, 0.6) is 0 Å². The summed E-state index contributed by atoms with van der Waals surface area (Å²) in [4.78, 5) is 31.2. The second-order valence-corrected chi connectivity index (χ2v) is 6.37. The lowest BCUT2D eigenvalue weighted by Gasteiger charge is -2.14. The van der Waals surface area contributed by atoms with Crippen molar-refractivity contribution in [1.29, 1.82) is 0 Å². The standard InChI is InChI=1S/C18H10ClF2N5O3/c19-18(20,21)17-25-16(26-29-17)9-3-5-10(6-4-9)23-12-13(15(28)14(12)27)24-11-2-1-7-22-8-11/h1-8,23-24H. The van der Waals surface area contributed by atoms with Gasteiger partial charge in [0.25, 0.3) is 10.9 Å². The summed E-state index contributed by atoms with van der Waals surface area (Å²) < 4.78 is 30.4. The summed E-state index contributed by atoms with van der Waals surface area (Å²) in [6, 6.07) is 9.57. The summed E-state index contributed by atoms with van der Waals surface area (Å²) >= 11 is 4.85. The number of hydrogen-bond acceptors (Lipinski definition) is 8. The van der Waals surface area contributed by atoms with Gasteiger partial charge in [-0.05, 0) is 48.0 Å². The van der Waals surface area contributed by atoms with E-state index < -0.39 is 22.1 Å². The van der Waals surface area contributed by atoms with Crippen molar-refractivity contribution in [3.05, 3.63) is 75.1 Å². The zero-order chi connectivity index (χ0) is 20.6. The van der Waals surface area contributed by atoms with Gasteiger partial charge in [0.2, 0.25) is 5.82 Å². The fourth-order valence-corrected chi connectivity index (χ4v) is 2.59. The van der Waals surface area contributed by atoms with Crippen molar-refractivity contribution in [3.8, 4) is 11.4 Å². The van der Waals surface area contributed by atoms with E-state index in [2.05, 4.69) is 30.3 Å². The van der Waals surface area contributed by atoms with Crippen molar-refractivity contribution in [2.75, 3.05) is 10.6 Å². The van der Waals surface area contributed by atoms with Gasteiger partial charge in [0.05, 0.1) is 11.9 Å². The van der Waals surface area contributed by atoms with Gasteiger partial charge in [-0.2, -0.15) is 13.8 Å². The van der Waals surface area contributed by atoms with E-state index in [0.29, 0.717) is 16.9 Å². The van der Waals surface area contributed by atoms with Crippen molar-refractivity contribution >= 4 is 34.4 Å². The molecule has 0 aliphatic rings. The Morgan fingerprint density at radius 3 is 2.17 bits per heavy atom. The van der Waals surface area contributed by atoms with Gasteiger partial charge in [-0.25, -0.2) is 0 Å². The molecule has 2 aromatic heterocycles. The quantitative estimate of drug-likeness (QED) is 0.362. The van der Waals surface area contributed by atoms with E-state index in [-0.39, 0.29) is 17.2 Å². The van der Waals surface area contributed by atoms with E-state index in [1.54, 1.807) is 30.5 Å². The number of alkyl halides is 3. The normalized spacial score (nSPS) is 11.6. The molecule has 0 bridgehead atoms. The molecule has 0 spiro atoms. The number of nitrogens with one attached hydrogen (secondary N) is 2. The highest BCUT2D eigenvalue weighted by Crippen LogP contribution is 2.32. The number of halogens is 3. The van der Waals surface area contributed by atoms with Crippen LogP contribution in [-0.4, -0.2) is 15.1 Å². The van der Waals surface area contributed by atoms with Crippen molar-refractivity contribution in [1.82, 2.24) is 15.1 Å². The van der Waals surface area contributed by atoms with Crippen LogP contribution in [0.25, 0.3) is 11.4 Å². The molecule has 8 nitrogen and oxygen atoms in total. The number of anilines is 4. The maximum atomic E-state index is 13.0. The third-order valence-electron chi connectivity index (χ3n) is 3.92. The van der Waals surface area contributed by atoms with Crippen LogP contribution in [0.4, 0.5) is 31.5 Å². The van der Waals surface area contributed by atoms with E-state index in [1.165, 1.54) is 18.3 Å². The minimum absolute atomic E-state index is 0.0695. The summed E-state index contributed by atoms with van der Waals surface area (Å²) in [5.74, 6) is -1.08. The lowest BCUT2D eigenvalue weighted by Crippen LogP contribution is -2.35. The number of aromatic nitrogens is 3. The molecule has 0 unspecified atom stereocenters. The zero-order valence-electron chi connectivity index (χ0n) is 14.3. The molecule has 4 aromatic rings. The van der Waals surface area contributed by atoms with Crippen molar-refractivity contribution in [3.63, 3.8) is 0 Å². The Bertz CT molecular complexity index is 1230. The Labute approximate surface area is 165 Å². The van der Waals surface area contributed by atoms with Gasteiger partial charge in [0.1, 0.15) is 11.4 Å². The van der Waals surface area contributed by atoms with Gasteiger partial charge in [0, 0.05) is 17.4 Å². The first-order chi connectivity index (χ1) is 13.8. The fourth-order valence-electron chi connectivity index (χ4n) is 2.51. The summed E-state index contributed by atoms with van der Waals surface area (Å²) in [6.07, 6.45) is 3.09. The molecule has 4 rings (SSSR count). The average molecular weight is 418 g/mol. The highest BCUT2D eigenvalue weighted by atomic mass is 35.5. The Morgan fingerprint density at radius 2 is 1.62 bits per heavy atom. The second kappa shape index (κ2) is 7.06. The third-order valence-corrected chi connectivity index (χ3v) is 4.08. The number of hydrogen-bond donors (Lipinski definition) is 2. The van der Waals surface area contributed by atoms with E-state index >= 15 is 0 Å². The molecule has 2 heterocycles. The van der Waals surface area contributed by atoms with Gasteiger partial charge in [-0.3, -0.25) is 14.6 Å². The van der Waals surface area contributed by atoms with Crippen LogP contribution in [0, 0.1) is 0 Å². The predicted molar refractivity (Wildman–Crippen MR) is 102 cm³/mol. The molecule has 2 aromatic carbocycles. The van der Waals surface area contributed by atoms with Gasteiger partial charge >= 0.3 is 11.3 Å². The molecule has 0 saturated heterocycles. The van der Waals surface area contributed by atoms with E-state index in [4.69, 9.17) is 11.6 Å². The molecule has 11 heteroatoms. The van der Waals surface area contributed by atoms with Crippen LogP contribution in [-0.2, 0) is 5.38 Å². The average Bonchev–Trinajstić information content (AvgIpc) is 3.22. The number of nitrogens with zero attached hydrogens (tertiary/aromatic N) is 3. The topological polar surface area (TPSA) is 110 Å². The molecule has 2 N–H and O–H groups in total. The Morgan fingerprint density at radius 1 is 0.966 bits per heavy atom. The first-order valence-corrected chi connectivity index (χ1v) is 8.49. The van der Waals surface area contributed by atoms with Crippen LogP contribution in [0.15, 0.2) is 62.9 Å². The van der Waals surface area contributed by atoms with Crippen LogP contribution < -0.4 is 21.5 Å². The van der Waals surface area contributed by atoms with Crippen LogP contribution in [0.1, 0.15) is 5.89 Å². The minimum atomic E-state index is -3.76. The number of pyridine rings is 1. The molecule has 0 radical (unpaired) electrons. The first-order valence-electron chi connectivity index (χ1n) is 8.11. The molecule has 0 atom stereocenters. The zero-order valence-corrected chi connectivity index (χ0v) is 15.1. The van der Waals surface area contributed by atoms with Gasteiger partial charge in [-0.15, -0.1) is 0 Å². The molecule has 0 aliphatic heterocycles. The fraction of sp³-hybridized carbons (Fsp3) is 0.0556. The smallest absolute Gasteiger partial charge is 0.350 e. The summed E-state index contributed by atoms with van der Waals surface area (Å²) in [5, 5.41) is 5.41. The molecule has 29 heavy (non-hydrogen) atoms. The van der Waals surface area contributed by atoms with Gasteiger partial charge < -0.3 is 15.2 Å². The number of benzene rings is 1. The SMILES string of the molecule is O=c1c(Nc2ccc(-c3noc(C(F)(F)Cl)n3)cc2)c(Nc2cccnc2)c1=O. The van der Waals surface area contributed by atoms with E-state index in [0.717, 1.165) is 0 Å². The molecule has 0 saturated carbocycles. The lowest BCUT2D eigenvalue weighted by molar-refractivity contribution is 0.0551. The molecule has 0 amide bonds. The van der Waals surface area contributed by atoms with Crippen LogP contribution >= 0.6 is 11.6 Å². The summed E-state index contributed by atoms with van der Waals surface area (Å²) in [6.45, 7) is 0. The Kier molecular flexibility index (Phi) is 4.55. The minimum Gasteiger partial charge on any atom is -0.350 e. The lowest BCUT2D eigenvalue weighted by atomic mass is 10.1. The molecule has 146 valence electrons. The highest BCUT2D eigenvalue weighted by Gasteiger charge is 2.35. The molecule has 0 aliphatic carbocycles. The van der Waals surface area contributed by atoms with Gasteiger partial charge in [0.15, 0.2) is 0 Å². The third kappa shape index (κ3) is 3.69. The largest absolute Gasteiger partial charge is 0.400 e. The van der Waals surface area contributed by atoms with Gasteiger partial charge in [-0.1, -0.05) is 5.16 Å². The second-order valence-electron chi connectivity index (χ2n) is 5.90. The van der Waals surface area contributed by atoms with Crippen LogP contribution in [0.2, 0.25) is 0 Å².